The van der Waals surface area contributed by atoms with E-state index in [2.05, 4.69) is 25.5 Å². The van der Waals surface area contributed by atoms with Crippen molar-refractivity contribution in [1.82, 2.24) is 24.7 Å². The normalized spacial score (nSPS) is 10.3. The maximum atomic E-state index is 10.8. The fraction of sp³-hybridized carbons (Fsp3) is 0.250. The molecule has 0 amide bonds. The Bertz CT molecular complexity index is 585. The van der Waals surface area contributed by atoms with Crippen LogP contribution in [-0.2, 0) is 13.6 Å². The number of aromatic nitrogens is 5. The number of nitrogens with one attached hydrogen (secondary N) is 1. The van der Waals surface area contributed by atoms with Gasteiger partial charge < -0.3 is 9.88 Å². The molecule has 0 aromatic carbocycles. The fourth-order valence-corrected chi connectivity index (χ4v) is 1.48. The molecule has 10 heteroatoms. The van der Waals surface area contributed by atoms with E-state index in [1.54, 1.807) is 11.6 Å². The second-order valence-corrected chi connectivity index (χ2v) is 3.69. The lowest BCUT2D eigenvalue weighted by Gasteiger charge is -2.05. The quantitative estimate of drug-likeness (QED) is 0.496. The van der Waals surface area contributed by atoms with Crippen LogP contribution in [0.2, 0.25) is 5.15 Å². The number of aryl methyl sites for hydroxylation is 1. The van der Waals surface area contributed by atoms with E-state index in [0.717, 1.165) is 6.33 Å². The molecule has 0 spiro atoms. The first kappa shape index (κ1) is 12.2. The van der Waals surface area contributed by atoms with Gasteiger partial charge in [-0.1, -0.05) is 11.6 Å². The van der Waals surface area contributed by atoms with Gasteiger partial charge in [0.25, 0.3) is 0 Å². The van der Waals surface area contributed by atoms with Crippen LogP contribution in [0.3, 0.4) is 0 Å². The minimum atomic E-state index is -0.638. The SMILES string of the molecule is Cn1cnnc1CNc1ncnc(Cl)c1[N+](=O)[O-]. The summed E-state index contributed by atoms with van der Waals surface area (Å²) in [4.78, 5) is 17.5. The molecule has 0 fully saturated rings. The number of halogens is 1. The summed E-state index contributed by atoms with van der Waals surface area (Å²) in [6.07, 6.45) is 2.67. The van der Waals surface area contributed by atoms with Gasteiger partial charge >= 0.3 is 5.69 Å². The second kappa shape index (κ2) is 4.92. The number of hydrogen-bond donors (Lipinski definition) is 1. The number of nitrogens with zero attached hydrogens (tertiary/aromatic N) is 6. The number of rotatable bonds is 4. The van der Waals surface area contributed by atoms with Gasteiger partial charge in [0.2, 0.25) is 11.0 Å². The van der Waals surface area contributed by atoms with E-state index in [4.69, 9.17) is 11.6 Å². The molecule has 2 rings (SSSR count). The van der Waals surface area contributed by atoms with Crippen LogP contribution in [0, 0.1) is 10.1 Å². The van der Waals surface area contributed by atoms with Gasteiger partial charge in [-0.3, -0.25) is 10.1 Å². The van der Waals surface area contributed by atoms with Crippen molar-refractivity contribution < 1.29 is 4.92 Å². The van der Waals surface area contributed by atoms with Crippen LogP contribution >= 0.6 is 11.6 Å². The molecule has 2 aromatic heterocycles. The number of anilines is 1. The van der Waals surface area contributed by atoms with Crippen LogP contribution in [0.25, 0.3) is 0 Å². The van der Waals surface area contributed by atoms with E-state index in [1.807, 2.05) is 0 Å². The van der Waals surface area contributed by atoms with Crippen LogP contribution < -0.4 is 5.32 Å². The molecule has 0 radical (unpaired) electrons. The predicted molar refractivity (Wildman–Crippen MR) is 62.0 cm³/mol. The Kier molecular flexibility index (Phi) is 3.33. The standard InChI is InChI=1S/C8H8ClN7O2/c1-15-4-13-14-5(15)2-10-8-6(16(17)18)7(9)11-3-12-8/h3-4H,2H2,1H3,(H,10,11,12). The van der Waals surface area contributed by atoms with Crippen molar-refractivity contribution >= 4 is 23.1 Å². The predicted octanol–water partition coefficient (Wildman–Crippen LogP) is 0.779. The monoisotopic (exact) mass is 269 g/mol. The van der Waals surface area contributed by atoms with Gasteiger partial charge in [-0.05, 0) is 0 Å². The molecule has 0 saturated heterocycles. The molecule has 1 N–H and O–H groups in total. The van der Waals surface area contributed by atoms with Gasteiger partial charge in [0.05, 0.1) is 11.5 Å². The summed E-state index contributed by atoms with van der Waals surface area (Å²) in [7, 11) is 1.76. The Morgan fingerprint density at radius 1 is 1.56 bits per heavy atom. The topological polar surface area (TPSA) is 112 Å². The Balaban J connectivity index is 2.22. The second-order valence-electron chi connectivity index (χ2n) is 3.33. The summed E-state index contributed by atoms with van der Waals surface area (Å²) in [6, 6.07) is 0. The number of hydrogen-bond acceptors (Lipinski definition) is 7. The highest BCUT2D eigenvalue weighted by Crippen LogP contribution is 2.28. The van der Waals surface area contributed by atoms with Crippen LogP contribution in [-0.4, -0.2) is 29.7 Å². The van der Waals surface area contributed by atoms with Gasteiger partial charge in [-0.15, -0.1) is 10.2 Å². The minimum Gasteiger partial charge on any atom is -0.357 e. The van der Waals surface area contributed by atoms with Crippen LogP contribution in [0.4, 0.5) is 11.5 Å². The van der Waals surface area contributed by atoms with Gasteiger partial charge in [0.1, 0.15) is 12.7 Å². The molecule has 0 atom stereocenters. The van der Waals surface area contributed by atoms with E-state index in [9.17, 15) is 10.1 Å². The fourth-order valence-electron chi connectivity index (χ4n) is 1.28. The summed E-state index contributed by atoms with van der Waals surface area (Å²) in [6.45, 7) is 0.241. The Hall–Kier alpha value is -2.29. The van der Waals surface area contributed by atoms with Crippen molar-refractivity contribution in [3.63, 3.8) is 0 Å². The smallest absolute Gasteiger partial charge is 0.348 e. The zero-order chi connectivity index (χ0) is 13.1. The Labute approximate surface area is 106 Å². The largest absolute Gasteiger partial charge is 0.357 e. The van der Waals surface area contributed by atoms with Gasteiger partial charge in [0, 0.05) is 7.05 Å². The first-order chi connectivity index (χ1) is 8.59. The third kappa shape index (κ3) is 2.35. The van der Waals surface area contributed by atoms with E-state index >= 15 is 0 Å². The molecule has 0 aliphatic rings. The number of nitro groups is 1. The molecule has 0 aliphatic carbocycles. The lowest BCUT2D eigenvalue weighted by atomic mass is 10.4. The van der Waals surface area contributed by atoms with Crippen LogP contribution in [0.5, 0.6) is 0 Å². The van der Waals surface area contributed by atoms with E-state index in [0.29, 0.717) is 5.82 Å². The van der Waals surface area contributed by atoms with Crippen molar-refractivity contribution in [3.05, 3.63) is 33.7 Å². The van der Waals surface area contributed by atoms with Crippen molar-refractivity contribution in [3.8, 4) is 0 Å². The van der Waals surface area contributed by atoms with Crippen molar-refractivity contribution in [1.29, 1.82) is 0 Å². The van der Waals surface area contributed by atoms with Crippen molar-refractivity contribution in [2.75, 3.05) is 5.32 Å². The molecule has 2 heterocycles. The Morgan fingerprint density at radius 2 is 2.33 bits per heavy atom. The van der Waals surface area contributed by atoms with E-state index in [-0.39, 0.29) is 23.2 Å². The summed E-state index contributed by atoms with van der Waals surface area (Å²) >= 11 is 5.65. The third-order valence-electron chi connectivity index (χ3n) is 2.18. The average molecular weight is 270 g/mol. The lowest BCUT2D eigenvalue weighted by molar-refractivity contribution is -0.384. The van der Waals surface area contributed by atoms with Gasteiger partial charge in [-0.25, -0.2) is 9.97 Å². The summed E-state index contributed by atoms with van der Waals surface area (Å²) in [5.41, 5.74) is -0.360. The molecule has 94 valence electrons. The van der Waals surface area contributed by atoms with Crippen LogP contribution in [0.15, 0.2) is 12.7 Å². The maximum absolute atomic E-state index is 10.8. The van der Waals surface area contributed by atoms with E-state index < -0.39 is 4.92 Å². The zero-order valence-corrected chi connectivity index (χ0v) is 10.00. The summed E-state index contributed by atoms with van der Waals surface area (Å²) in [5, 5.41) is 20.9. The molecule has 0 unspecified atom stereocenters. The van der Waals surface area contributed by atoms with E-state index in [1.165, 1.54) is 6.33 Å². The lowest BCUT2D eigenvalue weighted by Crippen LogP contribution is -2.09. The first-order valence-corrected chi connectivity index (χ1v) is 5.19. The summed E-state index contributed by atoms with van der Waals surface area (Å²) in [5.74, 6) is 0.655. The molecule has 2 aromatic rings. The molecule has 0 bridgehead atoms. The zero-order valence-electron chi connectivity index (χ0n) is 9.24. The van der Waals surface area contributed by atoms with Crippen molar-refractivity contribution in [2.24, 2.45) is 7.05 Å². The van der Waals surface area contributed by atoms with Gasteiger partial charge in [0.15, 0.2) is 5.82 Å². The third-order valence-corrected chi connectivity index (χ3v) is 2.46. The average Bonchev–Trinajstić information content (AvgIpc) is 2.71. The minimum absolute atomic E-state index is 0.0444. The maximum Gasteiger partial charge on any atom is 0.348 e. The first-order valence-electron chi connectivity index (χ1n) is 4.81. The highest BCUT2D eigenvalue weighted by Gasteiger charge is 2.21. The Morgan fingerprint density at radius 3 is 2.94 bits per heavy atom. The van der Waals surface area contributed by atoms with Gasteiger partial charge in [-0.2, -0.15) is 0 Å². The molecule has 0 aliphatic heterocycles. The molecule has 18 heavy (non-hydrogen) atoms. The molecular formula is C8H8ClN7O2. The molecule has 0 saturated carbocycles. The molecular weight excluding hydrogens is 262 g/mol. The summed E-state index contributed by atoms with van der Waals surface area (Å²) < 4.78 is 1.68. The molecule has 9 nitrogen and oxygen atoms in total. The highest BCUT2D eigenvalue weighted by atomic mass is 35.5. The highest BCUT2D eigenvalue weighted by molar-refractivity contribution is 6.31. The van der Waals surface area contributed by atoms with Crippen molar-refractivity contribution in [2.45, 2.75) is 6.54 Å². The van der Waals surface area contributed by atoms with Crippen LogP contribution in [0.1, 0.15) is 5.82 Å².